The number of quaternary nitrogens is 2. The van der Waals surface area contributed by atoms with Gasteiger partial charge in [-0.15, -0.1) is 0 Å². The Kier molecular flexibility index (Phi) is 15.0. The minimum absolute atomic E-state index is 0.170. The molecule has 172 valence electrons. The fourth-order valence-corrected chi connectivity index (χ4v) is 3.58. The zero-order valence-electron chi connectivity index (χ0n) is 19.6. The van der Waals surface area contributed by atoms with E-state index in [-0.39, 0.29) is 18.5 Å². The summed E-state index contributed by atoms with van der Waals surface area (Å²) in [6.45, 7) is 12.2. The van der Waals surface area contributed by atoms with Crippen molar-refractivity contribution in [1.29, 1.82) is 0 Å². The number of hydrogen-bond acceptors (Lipinski definition) is 5. The minimum Gasteiger partial charge on any atom is -0.466 e. The lowest BCUT2D eigenvalue weighted by Crippen LogP contribution is -2.51. The molecule has 0 aliphatic carbocycles. The molecule has 0 aromatic rings. The SMILES string of the molecule is CCCOC(=O)CC[N+](C)(CCC[N+](C)(CCC)CCO)CCC(=O)OCCC. The largest absolute Gasteiger partial charge is 0.466 e. The number of nitrogens with zero attached hydrogens (tertiary/aromatic N) is 2. The summed E-state index contributed by atoms with van der Waals surface area (Å²) in [6, 6.07) is 0. The van der Waals surface area contributed by atoms with Crippen molar-refractivity contribution in [2.75, 3.05) is 73.2 Å². The first-order chi connectivity index (χ1) is 13.7. The molecule has 0 rings (SSSR count). The van der Waals surface area contributed by atoms with Crippen molar-refractivity contribution in [1.82, 2.24) is 0 Å². The molecule has 1 atom stereocenters. The molecule has 1 N–H and O–H groups in total. The van der Waals surface area contributed by atoms with E-state index in [4.69, 9.17) is 9.47 Å². The second kappa shape index (κ2) is 15.6. The van der Waals surface area contributed by atoms with Gasteiger partial charge in [0.25, 0.3) is 0 Å². The van der Waals surface area contributed by atoms with Gasteiger partial charge in [-0.3, -0.25) is 9.59 Å². The van der Waals surface area contributed by atoms with Crippen LogP contribution in [0.1, 0.15) is 59.3 Å². The molecule has 7 heteroatoms. The van der Waals surface area contributed by atoms with Gasteiger partial charge in [0, 0.05) is 6.42 Å². The predicted octanol–water partition coefficient (Wildman–Crippen LogP) is 2.36. The maximum absolute atomic E-state index is 12.0. The Labute approximate surface area is 178 Å². The van der Waals surface area contributed by atoms with Crippen LogP contribution in [0, 0.1) is 0 Å². The number of carbonyl (C=O) groups is 2. The summed E-state index contributed by atoms with van der Waals surface area (Å²) in [5.74, 6) is -0.340. The molecule has 0 aliphatic rings. The van der Waals surface area contributed by atoms with Crippen molar-refractivity contribution in [2.45, 2.75) is 59.3 Å². The van der Waals surface area contributed by atoms with E-state index >= 15 is 0 Å². The molecule has 29 heavy (non-hydrogen) atoms. The molecule has 0 radical (unpaired) electrons. The fourth-order valence-electron chi connectivity index (χ4n) is 3.58. The Morgan fingerprint density at radius 3 is 1.52 bits per heavy atom. The van der Waals surface area contributed by atoms with E-state index in [1.165, 1.54) is 0 Å². The highest BCUT2D eigenvalue weighted by atomic mass is 16.5. The number of likely N-dealkylation sites (N-methyl/N-ethyl adjacent to an activating group) is 1. The normalized spacial score (nSPS) is 13.7. The lowest BCUT2D eigenvalue weighted by Gasteiger charge is -2.37. The van der Waals surface area contributed by atoms with E-state index in [0.29, 0.717) is 43.6 Å². The van der Waals surface area contributed by atoms with Crippen LogP contribution in [0.15, 0.2) is 0 Å². The van der Waals surface area contributed by atoms with Crippen LogP contribution in [0.2, 0.25) is 0 Å². The molecule has 0 aromatic heterocycles. The molecule has 7 nitrogen and oxygen atoms in total. The van der Waals surface area contributed by atoms with Gasteiger partial charge in [-0.25, -0.2) is 0 Å². The van der Waals surface area contributed by atoms with Gasteiger partial charge in [0.05, 0.1) is 79.5 Å². The van der Waals surface area contributed by atoms with E-state index in [0.717, 1.165) is 56.3 Å². The number of aliphatic hydroxyl groups is 1. The smallest absolute Gasteiger partial charge is 0.311 e. The highest BCUT2D eigenvalue weighted by Crippen LogP contribution is 2.12. The third-order valence-corrected chi connectivity index (χ3v) is 5.45. The Balaban J connectivity index is 4.82. The fraction of sp³-hybridized carbons (Fsp3) is 0.909. The van der Waals surface area contributed by atoms with Crippen LogP contribution in [0.3, 0.4) is 0 Å². The van der Waals surface area contributed by atoms with Crippen LogP contribution < -0.4 is 0 Å². The summed E-state index contributed by atoms with van der Waals surface area (Å²) in [5.41, 5.74) is 0. The summed E-state index contributed by atoms with van der Waals surface area (Å²) in [5, 5.41) is 9.40. The van der Waals surface area contributed by atoms with Crippen LogP contribution in [0.5, 0.6) is 0 Å². The van der Waals surface area contributed by atoms with Gasteiger partial charge >= 0.3 is 11.9 Å². The van der Waals surface area contributed by atoms with E-state index in [1.807, 2.05) is 13.8 Å². The highest BCUT2D eigenvalue weighted by molar-refractivity contribution is 5.70. The molecule has 0 aromatic carbocycles. The minimum atomic E-state index is -0.170. The highest BCUT2D eigenvalue weighted by Gasteiger charge is 2.27. The van der Waals surface area contributed by atoms with Gasteiger partial charge in [-0.1, -0.05) is 20.8 Å². The quantitative estimate of drug-likeness (QED) is 0.273. The van der Waals surface area contributed by atoms with Crippen LogP contribution >= 0.6 is 0 Å². The second-order valence-electron chi connectivity index (χ2n) is 8.60. The molecule has 0 aliphatic heterocycles. The van der Waals surface area contributed by atoms with Gasteiger partial charge in [0.2, 0.25) is 0 Å². The van der Waals surface area contributed by atoms with Crippen molar-refractivity contribution < 1.29 is 33.1 Å². The number of hydrogen-bond donors (Lipinski definition) is 1. The molecular formula is C22H46N2O5+2. The molecule has 0 saturated heterocycles. The average Bonchev–Trinajstić information content (AvgIpc) is 2.68. The van der Waals surface area contributed by atoms with Crippen molar-refractivity contribution >= 4 is 11.9 Å². The molecule has 0 bridgehead atoms. The monoisotopic (exact) mass is 418 g/mol. The Hall–Kier alpha value is -1.18. The summed E-state index contributed by atoms with van der Waals surface area (Å²) >= 11 is 0. The van der Waals surface area contributed by atoms with E-state index in [9.17, 15) is 14.7 Å². The van der Waals surface area contributed by atoms with Crippen molar-refractivity contribution in [3.63, 3.8) is 0 Å². The molecule has 0 spiro atoms. The molecule has 1 unspecified atom stereocenters. The van der Waals surface area contributed by atoms with Gasteiger partial charge in [-0.2, -0.15) is 0 Å². The maximum atomic E-state index is 12.0. The first-order valence-corrected chi connectivity index (χ1v) is 11.3. The van der Waals surface area contributed by atoms with Crippen LogP contribution in [-0.4, -0.2) is 99.2 Å². The van der Waals surface area contributed by atoms with Crippen LogP contribution in [0.25, 0.3) is 0 Å². The number of rotatable bonds is 18. The van der Waals surface area contributed by atoms with Crippen molar-refractivity contribution in [3.8, 4) is 0 Å². The molecule has 0 amide bonds. The maximum Gasteiger partial charge on any atom is 0.311 e. The zero-order chi connectivity index (χ0) is 22.2. The van der Waals surface area contributed by atoms with E-state index in [1.54, 1.807) is 0 Å². The number of carbonyl (C=O) groups excluding carboxylic acids is 2. The molecule has 0 fully saturated rings. The third kappa shape index (κ3) is 13.6. The Morgan fingerprint density at radius 1 is 0.690 bits per heavy atom. The second-order valence-corrected chi connectivity index (χ2v) is 8.60. The first kappa shape index (κ1) is 27.8. The van der Waals surface area contributed by atoms with E-state index < -0.39 is 0 Å². The molecule has 0 heterocycles. The van der Waals surface area contributed by atoms with Gasteiger partial charge in [-0.05, 0) is 19.3 Å². The Morgan fingerprint density at radius 2 is 1.14 bits per heavy atom. The van der Waals surface area contributed by atoms with Gasteiger partial charge < -0.3 is 23.5 Å². The number of aliphatic hydroxyl groups excluding tert-OH is 1. The topological polar surface area (TPSA) is 72.8 Å². The van der Waals surface area contributed by atoms with Gasteiger partial charge in [0.15, 0.2) is 0 Å². The summed E-state index contributed by atoms with van der Waals surface area (Å²) in [7, 11) is 4.30. The Bertz CT molecular complexity index is 426. The van der Waals surface area contributed by atoms with Crippen molar-refractivity contribution in [2.24, 2.45) is 0 Å². The van der Waals surface area contributed by atoms with Crippen LogP contribution in [0.4, 0.5) is 0 Å². The number of ether oxygens (including phenoxy) is 2. The average molecular weight is 419 g/mol. The third-order valence-electron chi connectivity index (χ3n) is 5.45. The lowest BCUT2D eigenvalue weighted by atomic mass is 10.2. The first-order valence-electron chi connectivity index (χ1n) is 11.3. The van der Waals surface area contributed by atoms with Crippen LogP contribution in [-0.2, 0) is 19.1 Å². The van der Waals surface area contributed by atoms with Crippen molar-refractivity contribution in [3.05, 3.63) is 0 Å². The predicted molar refractivity (Wildman–Crippen MR) is 115 cm³/mol. The zero-order valence-corrected chi connectivity index (χ0v) is 19.6. The number of esters is 2. The molecular weight excluding hydrogens is 372 g/mol. The summed E-state index contributed by atoms with van der Waals surface area (Å²) in [4.78, 5) is 24.0. The summed E-state index contributed by atoms with van der Waals surface area (Å²) < 4.78 is 11.9. The van der Waals surface area contributed by atoms with Gasteiger partial charge in [0.1, 0.15) is 6.54 Å². The standard InChI is InChI=1S/C22H46N2O5/c1-6-12-23(4,17-18-25)13-9-14-24(5,15-10-21(26)28-19-7-2)16-11-22(27)29-20-8-3/h25H,6-20H2,1-5H3/q+2. The molecule has 0 saturated carbocycles. The lowest BCUT2D eigenvalue weighted by molar-refractivity contribution is -0.927. The summed E-state index contributed by atoms with van der Waals surface area (Å²) in [6.07, 6.45) is 4.41. The van der Waals surface area contributed by atoms with E-state index in [2.05, 4.69) is 21.0 Å².